The molecule has 0 saturated carbocycles. The fourth-order valence-corrected chi connectivity index (χ4v) is 2.90. The maximum Gasteiger partial charge on any atom is 0.341 e. The van der Waals surface area contributed by atoms with Crippen LogP contribution in [0.15, 0.2) is 29.6 Å². The molecule has 0 aliphatic rings. The number of carbonyl (C=O) groups is 3. The summed E-state index contributed by atoms with van der Waals surface area (Å²) >= 11 is 1.11. The highest BCUT2D eigenvalue weighted by atomic mass is 32.1. The van der Waals surface area contributed by atoms with Crippen LogP contribution in [-0.2, 0) is 14.3 Å². The van der Waals surface area contributed by atoms with Gasteiger partial charge in [0.1, 0.15) is 5.00 Å². The van der Waals surface area contributed by atoms with Gasteiger partial charge in [0, 0.05) is 12.1 Å². The SMILES string of the molecule is CCOC(=O)c1ccsc1NC(=O)COc1cc(C(=O)OC)ccc1[N+](=O)[O-]. The van der Waals surface area contributed by atoms with Crippen LogP contribution in [0.3, 0.4) is 0 Å². The van der Waals surface area contributed by atoms with Crippen molar-refractivity contribution in [2.75, 3.05) is 25.6 Å². The first-order valence-corrected chi connectivity index (χ1v) is 8.79. The lowest BCUT2D eigenvalue weighted by Crippen LogP contribution is -2.21. The number of anilines is 1. The maximum atomic E-state index is 12.1. The van der Waals surface area contributed by atoms with Gasteiger partial charge < -0.3 is 19.5 Å². The molecule has 0 bridgehead atoms. The van der Waals surface area contributed by atoms with E-state index in [0.717, 1.165) is 23.5 Å². The summed E-state index contributed by atoms with van der Waals surface area (Å²) < 4.78 is 14.7. The van der Waals surface area contributed by atoms with E-state index in [2.05, 4.69) is 10.1 Å². The van der Waals surface area contributed by atoms with Crippen LogP contribution in [0.1, 0.15) is 27.6 Å². The van der Waals surface area contributed by atoms with Gasteiger partial charge in [0.25, 0.3) is 5.91 Å². The Morgan fingerprint density at radius 1 is 1.21 bits per heavy atom. The standard InChI is InChI=1S/C17H16N2O8S/c1-3-26-17(22)11-6-7-28-15(11)18-14(20)9-27-13-8-10(16(21)25-2)4-5-12(13)19(23)24/h4-8H,3,9H2,1-2H3,(H,18,20). The Balaban J connectivity index is 2.10. The van der Waals surface area contributed by atoms with Crippen LogP contribution in [-0.4, -0.2) is 43.1 Å². The van der Waals surface area contributed by atoms with Crippen LogP contribution in [0.2, 0.25) is 0 Å². The van der Waals surface area contributed by atoms with E-state index in [-0.39, 0.29) is 28.5 Å². The molecule has 148 valence electrons. The summed E-state index contributed by atoms with van der Waals surface area (Å²) in [7, 11) is 1.17. The van der Waals surface area contributed by atoms with Gasteiger partial charge >= 0.3 is 17.6 Å². The van der Waals surface area contributed by atoms with Crippen molar-refractivity contribution in [2.24, 2.45) is 0 Å². The molecule has 1 heterocycles. The van der Waals surface area contributed by atoms with E-state index in [1.165, 1.54) is 19.2 Å². The van der Waals surface area contributed by atoms with Crippen molar-refractivity contribution in [3.63, 3.8) is 0 Å². The average molecular weight is 408 g/mol. The molecule has 0 unspecified atom stereocenters. The molecule has 0 aliphatic carbocycles. The highest BCUT2D eigenvalue weighted by Gasteiger charge is 2.21. The van der Waals surface area contributed by atoms with Gasteiger partial charge in [0.15, 0.2) is 12.4 Å². The number of thiophene rings is 1. The van der Waals surface area contributed by atoms with Gasteiger partial charge in [-0.2, -0.15) is 0 Å². The predicted octanol–water partition coefficient (Wildman–Crippen LogP) is 2.64. The van der Waals surface area contributed by atoms with Crippen LogP contribution in [0.25, 0.3) is 0 Å². The molecule has 0 radical (unpaired) electrons. The number of nitrogens with one attached hydrogen (secondary N) is 1. The van der Waals surface area contributed by atoms with Crippen LogP contribution >= 0.6 is 11.3 Å². The van der Waals surface area contributed by atoms with Crippen LogP contribution in [0.5, 0.6) is 5.75 Å². The highest BCUT2D eigenvalue weighted by Crippen LogP contribution is 2.29. The van der Waals surface area contributed by atoms with Gasteiger partial charge in [-0.15, -0.1) is 11.3 Å². The van der Waals surface area contributed by atoms with E-state index in [1.807, 2.05) is 0 Å². The molecule has 0 fully saturated rings. The van der Waals surface area contributed by atoms with E-state index in [1.54, 1.807) is 12.3 Å². The number of methoxy groups -OCH3 is 1. The number of amides is 1. The number of nitro groups is 1. The normalized spacial score (nSPS) is 10.1. The Morgan fingerprint density at radius 2 is 1.96 bits per heavy atom. The van der Waals surface area contributed by atoms with Gasteiger partial charge in [-0.25, -0.2) is 9.59 Å². The Morgan fingerprint density at radius 3 is 2.61 bits per heavy atom. The molecular formula is C17H16N2O8S. The van der Waals surface area contributed by atoms with Crippen LogP contribution < -0.4 is 10.1 Å². The zero-order valence-corrected chi connectivity index (χ0v) is 15.7. The van der Waals surface area contributed by atoms with Crippen molar-refractivity contribution in [3.8, 4) is 5.75 Å². The smallest absolute Gasteiger partial charge is 0.341 e. The highest BCUT2D eigenvalue weighted by molar-refractivity contribution is 7.14. The second-order valence-electron chi connectivity index (χ2n) is 5.15. The first-order chi connectivity index (χ1) is 13.4. The van der Waals surface area contributed by atoms with Crippen LogP contribution in [0.4, 0.5) is 10.7 Å². The molecular weight excluding hydrogens is 392 g/mol. The van der Waals surface area contributed by atoms with Gasteiger partial charge in [-0.05, 0) is 24.4 Å². The summed E-state index contributed by atoms with van der Waals surface area (Å²) in [6.45, 7) is 1.27. The number of hydrogen-bond acceptors (Lipinski definition) is 9. The second-order valence-corrected chi connectivity index (χ2v) is 6.07. The molecule has 0 spiro atoms. The summed E-state index contributed by atoms with van der Waals surface area (Å²) in [4.78, 5) is 45.9. The van der Waals surface area contributed by atoms with Gasteiger partial charge in [0.05, 0.1) is 29.8 Å². The van der Waals surface area contributed by atoms with E-state index in [9.17, 15) is 24.5 Å². The first kappa shape index (κ1) is 20.8. The quantitative estimate of drug-likeness (QED) is 0.400. The number of esters is 2. The van der Waals surface area contributed by atoms with Gasteiger partial charge in [-0.3, -0.25) is 14.9 Å². The Bertz CT molecular complexity index is 908. The predicted molar refractivity (Wildman–Crippen MR) is 98.8 cm³/mol. The molecule has 11 heteroatoms. The molecule has 2 aromatic rings. The number of ether oxygens (including phenoxy) is 3. The number of carbonyl (C=O) groups excluding carboxylic acids is 3. The molecule has 2 rings (SSSR count). The molecule has 0 aliphatic heterocycles. The second kappa shape index (κ2) is 9.46. The largest absolute Gasteiger partial charge is 0.477 e. The molecule has 0 atom stereocenters. The average Bonchev–Trinajstić information content (AvgIpc) is 3.13. The number of nitrogens with zero attached hydrogens (tertiary/aromatic N) is 1. The number of benzene rings is 1. The molecule has 0 saturated heterocycles. The zero-order valence-electron chi connectivity index (χ0n) is 14.9. The summed E-state index contributed by atoms with van der Waals surface area (Å²) in [5, 5.41) is 15.5. The lowest BCUT2D eigenvalue weighted by atomic mass is 10.2. The number of hydrogen-bond donors (Lipinski definition) is 1. The van der Waals surface area contributed by atoms with Crippen LogP contribution in [0, 0.1) is 10.1 Å². The van der Waals surface area contributed by atoms with Gasteiger partial charge in [-0.1, -0.05) is 0 Å². The fraction of sp³-hybridized carbons (Fsp3) is 0.235. The van der Waals surface area contributed by atoms with E-state index in [4.69, 9.17) is 9.47 Å². The fourth-order valence-electron chi connectivity index (χ4n) is 2.11. The topological polar surface area (TPSA) is 134 Å². The molecule has 1 aromatic carbocycles. The first-order valence-electron chi connectivity index (χ1n) is 7.91. The molecule has 1 N–H and O–H groups in total. The molecule has 10 nitrogen and oxygen atoms in total. The van der Waals surface area contributed by atoms with Crippen molar-refractivity contribution in [1.29, 1.82) is 0 Å². The van der Waals surface area contributed by atoms with E-state index in [0.29, 0.717) is 0 Å². The van der Waals surface area contributed by atoms with Crippen molar-refractivity contribution in [3.05, 3.63) is 50.9 Å². The van der Waals surface area contributed by atoms with Crippen molar-refractivity contribution >= 4 is 39.9 Å². The monoisotopic (exact) mass is 408 g/mol. The summed E-state index contributed by atoms with van der Waals surface area (Å²) in [6.07, 6.45) is 0. The number of nitro benzene ring substituents is 1. The third kappa shape index (κ3) is 5.04. The molecule has 1 aromatic heterocycles. The summed E-state index contributed by atoms with van der Waals surface area (Å²) in [6, 6.07) is 4.92. The Kier molecular flexibility index (Phi) is 7.04. The minimum atomic E-state index is -0.707. The minimum absolute atomic E-state index is 0.0337. The molecule has 28 heavy (non-hydrogen) atoms. The summed E-state index contributed by atoms with van der Waals surface area (Å²) in [5.41, 5.74) is -0.186. The maximum absolute atomic E-state index is 12.1. The summed E-state index contributed by atoms with van der Waals surface area (Å²) in [5.74, 6) is -2.20. The zero-order chi connectivity index (χ0) is 20.7. The minimum Gasteiger partial charge on any atom is -0.477 e. The third-order valence-electron chi connectivity index (χ3n) is 3.35. The van der Waals surface area contributed by atoms with Crippen molar-refractivity contribution in [1.82, 2.24) is 0 Å². The van der Waals surface area contributed by atoms with Gasteiger partial charge in [0.2, 0.25) is 0 Å². The van der Waals surface area contributed by atoms with E-state index < -0.39 is 35.1 Å². The Labute approximate surface area is 163 Å². The molecule has 1 amide bonds. The number of rotatable bonds is 8. The Hall–Kier alpha value is -3.47. The lowest BCUT2D eigenvalue weighted by molar-refractivity contribution is -0.385. The van der Waals surface area contributed by atoms with Crippen molar-refractivity contribution < 1.29 is 33.5 Å². The lowest BCUT2D eigenvalue weighted by Gasteiger charge is -2.09. The van der Waals surface area contributed by atoms with E-state index >= 15 is 0 Å². The van der Waals surface area contributed by atoms with Crippen molar-refractivity contribution in [2.45, 2.75) is 6.92 Å². The third-order valence-corrected chi connectivity index (χ3v) is 4.18.